The molecule has 0 radical (unpaired) electrons. The zero-order valence-electron chi connectivity index (χ0n) is 30.8. The van der Waals surface area contributed by atoms with Gasteiger partial charge < -0.3 is 10.2 Å². The van der Waals surface area contributed by atoms with E-state index in [2.05, 4.69) is 39.7 Å². The van der Waals surface area contributed by atoms with Gasteiger partial charge >= 0.3 is 0 Å². The van der Waals surface area contributed by atoms with Crippen LogP contribution in [0.5, 0.6) is 11.5 Å². The Morgan fingerprint density at radius 3 is 1.11 bits per heavy atom. The molecular formula is C44H46N8O2. The smallest absolute Gasteiger partial charge is 0.128 e. The number of hydrogen-bond donors (Lipinski definition) is 2. The van der Waals surface area contributed by atoms with Crippen LogP contribution >= 0.6 is 0 Å². The van der Waals surface area contributed by atoms with Crippen LogP contribution in [0, 0.1) is 13.8 Å². The maximum absolute atomic E-state index is 11.3. The highest BCUT2D eigenvalue weighted by molar-refractivity contribution is 5.85. The van der Waals surface area contributed by atoms with Crippen molar-refractivity contribution in [1.82, 2.24) is 29.7 Å². The van der Waals surface area contributed by atoms with Gasteiger partial charge in [0.05, 0.1) is 35.9 Å². The molecule has 4 heterocycles. The SMILES string of the molecule is Cc1cc(C=NCCN=Cc2cc(C)cc(CN(Cc3ccccn3)Cc3ccccn3)c2O)c(O)c(CN(Cc2ccccn2)Cc2ccccn2)c1. The van der Waals surface area contributed by atoms with Gasteiger partial charge in [-0.2, -0.15) is 0 Å². The third-order valence-electron chi connectivity index (χ3n) is 8.78. The van der Waals surface area contributed by atoms with Crippen LogP contribution in [0.25, 0.3) is 0 Å². The second kappa shape index (κ2) is 19.1. The van der Waals surface area contributed by atoms with E-state index in [0.717, 1.165) is 45.0 Å². The Labute approximate surface area is 317 Å². The maximum Gasteiger partial charge on any atom is 0.128 e. The molecule has 0 aliphatic heterocycles. The van der Waals surface area contributed by atoms with Crippen LogP contribution in [0.15, 0.2) is 132 Å². The van der Waals surface area contributed by atoms with Gasteiger partial charge in [-0.15, -0.1) is 0 Å². The van der Waals surface area contributed by atoms with Gasteiger partial charge in [0.15, 0.2) is 0 Å². The first kappa shape index (κ1) is 37.7. The third-order valence-corrected chi connectivity index (χ3v) is 8.78. The number of aliphatic imine (C=N–C) groups is 2. The molecule has 6 rings (SSSR count). The molecule has 274 valence electrons. The van der Waals surface area contributed by atoms with Gasteiger partial charge in [-0.3, -0.25) is 39.7 Å². The second-order valence-corrected chi connectivity index (χ2v) is 13.4. The van der Waals surface area contributed by atoms with Crippen molar-refractivity contribution in [2.24, 2.45) is 9.98 Å². The number of aromatic nitrogens is 4. The van der Waals surface area contributed by atoms with E-state index in [9.17, 15) is 10.2 Å². The molecule has 0 unspecified atom stereocenters. The lowest BCUT2D eigenvalue weighted by Crippen LogP contribution is -2.23. The normalized spacial score (nSPS) is 11.7. The fraction of sp³-hybridized carbons (Fsp3) is 0.227. The van der Waals surface area contributed by atoms with Crippen molar-refractivity contribution in [3.8, 4) is 11.5 Å². The van der Waals surface area contributed by atoms with Crippen molar-refractivity contribution < 1.29 is 10.2 Å². The Morgan fingerprint density at radius 2 is 0.815 bits per heavy atom. The van der Waals surface area contributed by atoms with Crippen LogP contribution in [0.1, 0.15) is 56.2 Å². The summed E-state index contributed by atoms with van der Waals surface area (Å²) < 4.78 is 0. The molecule has 0 amide bonds. The number of hydrogen-bond acceptors (Lipinski definition) is 10. The zero-order chi connectivity index (χ0) is 37.5. The minimum Gasteiger partial charge on any atom is -0.507 e. The van der Waals surface area contributed by atoms with E-state index in [1.807, 2.05) is 111 Å². The van der Waals surface area contributed by atoms with Crippen LogP contribution in [0.3, 0.4) is 0 Å². The number of phenolic OH excluding ortho intramolecular Hbond substituents is 2. The average Bonchev–Trinajstić information content (AvgIpc) is 3.18. The highest BCUT2D eigenvalue weighted by Crippen LogP contribution is 2.27. The van der Waals surface area contributed by atoms with Gasteiger partial charge in [0.1, 0.15) is 11.5 Å². The predicted octanol–water partition coefficient (Wildman–Crippen LogP) is 7.24. The van der Waals surface area contributed by atoms with Crippen LogP contribution in [-0.2, 0) is 39.3 Å². The molecular weight excluding hydrogens is 673 g/mol. The highest BCUT2D eigenvalue weighted by atomic mass is 16.3. The van der Waals surface area contributed by atoms with Crippen molar-refractivity contribution in [3.63, 3.8) is 0 Å². The molecule has 10 nitrogen and oxygen atoms in total. The minimum absolute atomic E-state index is 0.206. The molecule has 0 bridgehead atoms. The lowest BCUT2D eigenvalue weighted by Gasteiger charge is -2.23. The maximum atomic E-state index is 11.3. The molecule has 0 aliphatic rings. The molecule has 54 heavy (non-hydrogen) atoms. The molecule has 2 aromatic carbocycles. The minimum atomic E-state index is 0.206. The highest BCUT2D eigenvalue weighted by Gasteiger charge is 2.16. The van der Waals surface area contributed by atoms with E-state index in [1.54, 1.807) is 37.2 Å². The van der Waals surface area contributed by atoms with E-state index < -0.39 is 0 Å². The fourth-order valence-corrected chi connectivity index (χ4v) is 6.35. The summed E-state index contributed by atoms with van der Waals surface area (Å²) in [6.07, 6.45) is 10.6. The first-order chi connectivity index (χ1) is 26.4. The van der Waals surface area contributed by atoms with E-state index in [-0.39, 0.29) is 11.5 Å². The van der Waals surface area contributed by atoms with Gasteiger partial charge in [0.2, 0.25) is 0 Å². The van der Waals surface area contributed by atoms with E-state index in [0.29, 0.717) is 63.5 Å². The number of benzene rings is 2. The van der Waals surface area contributed by atoms with E-state index >= 15 is 0 Å². The third kappa shape index (κ3) is 11.2. The molecule has 2 N–H and O–H groups in total. The molecule has 6 aromatic rings. The quantitative estimate of drug-likeness (QED) is 0.0748. The van der Waals surface area contributed by atoms with Crippen LogP contribution in [0.2, 0.25) is 0 Å². The second-order valence-electron chi connectivity index (χ2n) is 13.4. The van der Waals surface area contributed by atoms with Crippen LogP contribution in [0.4, 0.5) is 0 Å². The molecule has 4 aromatic heterocycles. The molecule has 0 saturated carbocycles. The summed E-state index contributed by atoms with van der Waals surface area (Å²) in [7, 11) is 0. The summed E-state index contributed by atoms with van der Waals surface area (Å²) in [5.41, 5.74) is 8.78. The van der Waals surface area contributed by atoms with Crippen molar-refractivity contribution in [1.29, 1.82) is 0 Å². The number of aryl methyl sites for hydroxylation is 2. The molecule has 0 atom stereocenters. The number of rotatable bonds is 17. The van der Waals surface area contributed by atoms with Crippen molar-refractivity contribution in [2.75, 3.05) is 13.1 Å². The van der Waals surface area contributed by atoms with Gasteiger partial charge in [0, 0.05) is 98.7 Å². The van der Waals surface area contributed by atoms with Gasteiger partial charge in [-0.05, 0) is 85.6 Å². The molecule has 0 fully saturated rings. The van der Waals surface area contributed by atoms with Crippen molar-refractivity contribution >= 4 is 12.4 Å². The summed E-state index contributed by atoms with van der Waals surface area (Å²) in [5, 5.41) is 22.7. The summed E-state index contributed by atoms with van der Waals surface area (Å²) in [6.45, 7) is 8.35. The number of phenols is 2. The summed E-state index contributed by atoms with van der Waals surface area (Å²) >= 11 is 0. The van der Waals surface area contributed by atoms with E-state index in [1.165, 1.54) is 0 Å². The molecule has 0 saturated heterocycles. The van der Waals surface area contributed by atoms with Gasteiger partial charge in [0.25, 0.3) is 0 Å². The van der Waals surface area contributed by atoms with Gasteiger partial charge in [-0.1, -0.05) is 36.4 Å². The summed E-state index contributed by atoms with van der Waals surface area (Å²) in [4.78, 5) is 31.7. The Balaban J connectivity index is 1.10. The monoisotopic (exact) mass is 718 g/mol. The van der Waals surface area contributed by atoms with E-state index in [4.69, 9.17) is 0 Å². The molecule has 10 heteroatoms. The van der Waals surface area contributed by atoms with Gasteiger partial charge in [-0.25, -0.2) is 0 Å². The van der Waals surface area contributed by atoms with Crippen molar-refractivity contribution in [2.45, 2.75) is 53.1 Å². The summed E-state index contributed by atoms with van der Waals surface area (Å²) in [5.74, 6) is 0.412. The molecule has 0 aliphatic carbocycles. The van der Waals surface area contributed by atoms with Crippen LogP contribution < -0.4 is 0 Å². The standard InChI is InChI=1S/C44H46N8O2/c1-33-21-35(43(53)37(23-33)27-51(29-39-11-3-7-15-47-39)30-40-12-4-8-16-48-40)25-45-19-20-46-26-36-22-34(2)24-38(44(36)54)28-52(31-41-13-5-9-17-49-41)32-42-14-6-10-18-50-42/h3-18,21-26,53-54H,19-20,27-32H2,1-2H3. The zero-order valence-corrected chi connectivity index (χ0v) is 30.8. The Kier molecular flexibility index (Phi) is 13.3. The predicted molar refractivity (Wildman–Crippen MR) is 213 cm³/mol. The number of nitrogens with zero attached hydrogens (tertiary/aromatic N) is 8. The topological polar surface area (TPSA) is 123 Å². The van der Waals surface area contributed by atoms with Crippen molar-refractivity contribution in [3.05, 3.63) is 178 Å². The number of pyridine rings is 4. The Morgan fingerprint density at radius 1 is 0.481 bits per heavy atom. The lowest BCUT2D eigenvalue weighted by atomic mass is 10.0. The Hall–Kier alpha value is -6.10. The lowest BCUT2D eigenvalue weighted by molar-refractivity contribution is 0.238. The largest absolute Gasteiger partial charge is 0.507 e. The fourth-order valence-electron chi connectivity index (χ4n) is 6.35. The molecule has 0 spiro atoms. The number of aromatic hydroxyl groups is 2. The summed E-state index contributed by atoms with van der Waals surface area (Å²) in [6, 6.07) is 31.5. The first-order valence-corrected chi connectivity index (χ1v) is 18.1. The first-order valence-electron chi connectivity index (χ1n) is 18.1. The average molecular weight is 719 g/mol. The Bertz CT molecular complexity index is 1890. The van der Waals surface area contributed by atoms with Crippen LogP contribution in [-0.4, -0.2) is 65.5 Å².